The Morgan fingerprint density at radius 2 is 2.13 bits per heavy atom. The molecule has 0 aliphatic carbocycles. The molecule has 2 rings (SSSR count). The van der Waals surface area contributed by atoms with E-state index in [-0.39, 0.29) is 12.5 Å². The van der Waals surface area contributed by atoms with E-state index in [2.05, 4.69) is 5.32 Å². The fourth-order valence-electron chi connectivity index (χ4n) is 1.83. The zero-order valence-corrected chi connectivity index (χ0v) is 14.5. The average molecular weight is 351 g/mol. The average Bonchev–Trinajstić information content (AvgIpc) is 3.10. The van der Waals surface area contributed by atoms with Gasteiger partial charge in [-0.1, -0.05) is 6.07 Å². The van der Waals surface area contributed by atoms with Crippen molar-refractivity contribution in [3.63, 3.8) is 0 Å². The summed E-state index contributed by atoms with van der Waals surface area (Å²) >= 11 is 3.10. The molecule has 23 heavy (non-hydrogen) atoms. The van der Waals surface area contributed by atoms with Crippen LogP contribution in [-0.2, 0) is 16.1 Å². The molecule has 0 atom stereocenters. The van der Waals surface area contributed by atoms with Gasteiger partial charge < -0.3 is 14.8 Å². The molecular formula is C16H17NO4S2. The summed E-state index contributed by atoms with van der Waals surface area (Å²) in [5.74, 6) is -0.493. The van der Waals surface area contributed by atoms with Crippen LogP contribution in [-0.4, -0.2) is 31.8 Å². The van der Waals surface area contributed by atoms with Crippen molar-refractivity contribution in [3.8, 4) is 5.75 Å². The molecule has 5 nitrogen and oxygen atoms in total. The monoisotopic (exact) mass is 351 g/mol. The molecule has 0 fully saturated rings. The molecule has 0 unspecified atom stereocenters. The first kappa shape index (κ1) is 17.4. The lowest BCUT2D eigenvalue weighted by molar-refractivity contribution is -0.124. The van der Waals surface area contributed by atoms with E-state index < -0.39 is 5.97 Å². The minimum atomic E-state index is -0.583. The molecular weight excluding hydrogens is 334 g/mol. The molecule has 0 radical (unpaired) electrons. The third-order valence-corrected chi connectivity index (χ3v) is 4.60. The highest BCUT2D eigenvalue weighted by Gasteiger charge is 2.15. The van der Waals surface area contributed by atoms with Gasteiger partial charge in [-0.25, -0.2) is 4.79 Å². The first-order valence-corrected chi connectivity index (χ1v) is 8.92. The summed E-state index contributed by atoms with van der Waals surface area (Å²) in [6.07, 6.45) is 1.94. The third kappa shape index (κ3) is 5.01. The molecule has 1 aromatic carbocycles. The van der Waals surface area contributed by atoms with Crippen molar-refractivity contribution < 1.29 is 19.1 Å². The zero-order chi connectivity index (χ0) is 16.7. The van der Waals surface area contributed by atoms with Gasteiger partial charge in [-0.3, -0.25) is 4.79 Å². The van der Waals surface area contributed by atoms with Gasteiger partial charge in [-0.2, -0.15) is 0 Å². The van der Waals surface area contributed by atoms with E-state index in [4.69, 9.17) is 9.47 Å². The number of hydrogen-bond donors (Lipinski definition) is 1. The van der Waals surface area contributed by atoms with E-state index in [1.54, 1.807) is 41.3 Å². The summed E-state index contributed by atoms with van der Waals surface area (Å²) in [5.41, 5.74) is 0.302. The maximum absolute atomic E-state index is 12.1. The van der Waals surface area contributed by atoms with Gasteiger partial charge in [0.15, 0.2) is 6.61 Å². The van der Waals surface area contributed by atoms with Crippen LogP contribution in [0.2, 0.25) is 0 Å². The second-order valence-electron chi connectivity index (χ2n) is 4.50. The van der Waals surface area contributed by atoms with E-state index in [1.165, 1.54) is 7.11 Å². The van der Waals surface area contributed by atoms with Crippen LogP contribution in [0, 0.1) is 0 Å². The largest absolute Gasteiger partial charge is 0.496 e. The minimum absolute atomic E-state index is 0.302. The maximum atomic E-state index is 12.1. The van der Waals surface area contributed by atoms with Crippen molar-refractivity contribution in [2.24, 2.45) is 0 Å². The molecule has 7 heteroatoms. The van der Waals surface area contributed by atoms with E-state index in [9.17, 15) is 9.59 Å². The first-order valence-electron chi connectivity index (χ1n) is 6.82. The number of nitrogens with one attached hydrogen (secondary N) is 1. The highest BCUT2D eigenvalue weighted by Crippen LogP contribution is 2.25. The summed E-state index contributed by atoms with van der Waals surface area (Å²) in [4.78, 5) is 25.8. The molecule has 0 aliphatic heterocycles. The lowest BCUT2D eigenvalue weighted by Gasteiger charge is -2.10. The van der Waals surface area contributed by atoms with Crippen LogP contribution in [0.1, 0.15) is 15.2 Å². The number of hydrogen-bond acceptors (Lipinski definition) is 6. The Bertz CT molecular complexity index is 671. The Hall–Kier alpha value is -1.99. The summed E-state index contributed by atoms with van der Waals surface area (Å²) in [6, 6.07) is 9.04. The molecule has 0 aliphatic rings. The lowest BCUT2D eigenvalue weighted by Crippen LogP contribution is -2.28. The van der Waals surface area contributed by atoms with E-state index in [1.807, 2.05) is 23.8 Å². The van der Waals surface area contributed by atoms with E-state index in [0.717, 1.165) is 9.77 Å². The summed E-state index contributed by atoms with van der Waals surface area (Å²) in [6.45, 7) is 0.109. The maximum Gasteiger partial charge on any atom is 0.342 e. The molecule has 1 heterocycles. The van der Waals surface area contributed by atoms with Gasteiger partial charge in [-0.15, -0.1) is 23.1 Å². The topological polar surface area (TPSA) is 64.6 Å². The number of carbonyl (C=O) groups excluding carboxylic acids is 2. The Morgan fingerprint density at radius 1 is 1.30 bits per heavy atom. The van der Waals surface area contributed by atoms with Crippen molar-refractivity contribution in [3.05, 3.63) is 46.2 Å². The predicted molar refractivity (Wildman–Crippen MR) is 91.2 cm³/mol. The van der Waals surface area contributed by atoms with Crippen molar-refractivity contribution in [1.82, 2.24) is 5.32 Å². The van der Waals surface area contributed by atoms with Gasteiger partial charge in [0.25, 0.3) is 5.91 Å². The number of rotatable bonds is 7. The number of amides is 1. The smallest absolute Gasteiger partial charge is 0.342 e. The van der Waals surface area contributed by atoms with Crippen LogP contribution in [0.25, 0.3) is 0 Å². The van der Waals surface area contributed by atoms with Crippen LogP contribution in [0.3, 0.4) is 0 Å². The number of methoxy groups -OCH3 is 1. The molecule has 1 aromatic heterocycles. The number of esters is 1. The number of thioether (sulfide) groups is 1. The second kappa shape index (κ2) is 8.59. The number of benzene rings is 1. The van der Waals surface area contributed by atoms with Crippen LogP contribution >= 0.6 is 23.1 Å². The number of ether oxygens (including phenoxy) is 2. The molecule has 2 aromatic rings. The Morgan fingerprint density at radius 3 is 2.78 bits per heavy atom. The minimum Gasteiger partial charge on any atom is -0.496 e. The van der Waals surface area contributed by atoms with Crippen molar-refractivity contribution in [2.75, 3.05) is 20.0 Å². The highest BCUT2D eigenvalue weighted by atomic mass is 32.2. The lowest BCUT2D eigenvalue weighted by atomic mass is 10.2. The van der Waals surface area contributed by atoms with Crippen LogP contribution in [0.4, 0.5) is 0 Å². The van der Waals surface area contributed by atoms with Crippen molar-refractivity contribution in [2.45, 2.75) is 11.4 Å². The highest BCUT2D eigenvalue weighted by molar-refractivity contribution is 7.98. The fraction of sp³-hybridized carbons (Fsp3) is 0.250. The Kier molecular flexibility index (Phi) is 6.49. The first-order chi connectivity index (χ1) is 11.1. The molecule has 0 spiro atoms. The number of carbonyl (C=O) groups is 2. The molecule has 0 saturated heterocycles. The normalized spacial score (nSPS) is 10.2. The van der Waals surface area contributed by atoms with E-state index >= 15 is 0 Å². The standard InChI is InChI=1S/C16H17NO4S2/c1-20-14-8-11(22-2)5-6-13(14)16(19)21-10-15(18)17-9-12-4-3-7-23-12/h3-8H,9-10H2,1-2H3,(H,17,18). The van der Waals surface area contributed by atoms with Crippen LogP contribution < -0.4 is 10.1 Å². The summed E-state index contributed by atoms with van der Waals surface area (Å²) < 4.78 is 10.2. The Labute approximate surface area is 143 Å². The quantitative estimate of drug-likeness (QED) is 0.614. The molecule has 1 N–H and O–H groups in total. The second-order valence-corrected chi connectivity index (χ2v) is 6.41. The fourth-order valence-corrected chi connectivity index (χ4v) is 2.90. The zero-order valence-electron chi connectivity index (χ0n) is 12.8. The van der Waals surface area contributed by atoms with Crippen LogP contribution in [0.5, 0.6) is 5.75 Å². The SMILES string of the molecule is COc1cc(SC)ccc1C(=O)OCC(=O)NCc1cccs1. The van der Waals surface area contributed by atoms with Crippen LogP contribution in [0.15, 0.2) is 40.6 Å². The van der Waals surface area contributed by atoms with Gasteiger partial charge in [0.2, 0.25) is 0 Å². The molecule has 1 amide bonds. The van der Waals surface area contributed by atoms with Crippen molar-refractivity contribution in [1.29, 1.82) is 0 Å². The third-order valence-electron chi connectivity index (χ3n) is 3.00. The Balaban J connectivity index is 1.87. The van der Waals surface area contributed by atoms with E-state index in [0.29, 0.717) is 17.9 Å². The summed E-state index contributed by atoms with van der Waals surface area (Å²) in [5, 5.41) is 4.63. The summed E-state index contributed by atoms with van der Waals surface area (Å²) in [7, 11) is 1.49. The molecule has 0 saturated carbocycles. The van der Waals surface area contributed by atoms with Crippen molar-refractivity contribution >= 4 is 35.0 Å². The van der Waals surface area contributed by atoms with Gasteiger partial charge in [0.1, 0.15) is 11.3 Å². The van der Waals surface area contributed by atoms with Gasteiger partial charge >= 0.3 is 5.97 Å². The number of thiophene rings is 1. The molecule has 0 bridgehead atoms. The van der Waals surface area contributed by atoms with Gasteiger partial charge in [-0.05, 0) is 35.9 Å². The molecule has 122 valence electrons. The predicted octanol–water partition coefficient (Wildman–Crippen LogP) is 2.95. The van der Waals surface area contributed by atoms with Gasteiger partial charge in [0, 0.05) is 9.77 Å². The van der Waals surface area contributed by atoms with Gasteiger partial charge in [0.05, 0.1) is 13.7 Å².